The molecule has 1 amide bonds. The molecule has 2 aromatic rings. The summed E-state index contributed by atoms with van der Waals surface area (Å²) < 4.78 is 0. The Kier molecular flexibility index (Phi) is 4.41. The Balaban J connectivity index is 1.53. The van der Waals surface area contributed by atoms with E-state index in [1.54, 1.807) is 6.20 Å². The second-order valence-electron chi connectivity index (χ2n) is 7.78. The molecule has 1 aromatic carbocycles. The first kappa shape index (κ1) is 17.0. The Labute approximate surface area is 154 Å². The molecule has 0 spiro atoms. The minimum atomic E-state index is 0.0749. The average Bonchev–Trinajstić information content (AvgIpc) is 3.23. The number of carbonyl (C=O) groups excluding carboxylic acids is 1. The summed E-state index contributed by atoms with van der Waals surface area (Å²) in [5, 5.41) is 0. The van der Waals surface area contributed by atoms with Gasteiger partial charge in [-0.2, -0.15) is 0 Å². The van der Waals surface area contributed by atoms with Gasteiger partial charge >= 0.3 is 0 Å². The molecule has 5 heteroatoms. The van der Waals surface area contributed by atoms with Crippen LogP contribution in [0, 0.1) is 11.8 Å². The zero-order valence-electron chi connectivity index (χ0n) is 15.4. The van der Waals surface area contributed by atoms with Gasteiger partial charge in [-0.3, -0.25) is 9.78 Å². The van der Waals surface area contributed by atoms with E-state index >= 15 is 0 Å². The van der Waals surface area contributed by atoms with Gasteiger partial charge in [0.25, 0.3) is 5.91 Å². The van der Waals surface area contributed by atoms with Crippen LogP contribution in [0.15, 0.2) is 42.7 Å². The first-order chi connectivity index (χ1) is 12.5. The highest BCUT2D eigenvalue weighted by molar-refractivity contribution is 5.95. The number of hydrogen-bond donors (Lipinski definition) is 1. The maximum atomic E-state index is 13.0. The van der Waals surface area contributed by atoms with E-state index in [0.717, 1.165) is 42.7 Å². The highest BCUT2D eigenvalue weighted by Gasteiger charge is 2.42. The number of carbonyl (C=O) groups is 1. The molecule has 1 saturated heterocycles. The summed E-state index contributed by atoms with van der Waals surface area (Å²) in [6.45, 7) is 1.62. The fourth-order valence-electron chi connectivity index (χ4n) is 4.32. The van der Waals surface area contributed by atoms with Crippen LogP contribution in [-0.2, 0) is 0 Å². The number of likely N-dealkylation sites (tertiary alicyclic amines) is 1. The predicted octanol–water partition coefficient (Wildman–Crippen LogP) is 2.62. The summed E-state index contributed by atoms with van der Waals surface area (Å²) in [7, 11) is 4.04. The molecule has 4 rings (SSSR count). The number of aromatic nitrogens is 1. The summed E-state index contributed by atoms with van der Waals surface area (Å²) in [6.07, 6.45) is 5.73. The zero-order valence-corrected chi connectivity index (χ0v) is 15.4. The first-order valence-corrected chi connectivity index (χ1v) is 9.30. The largest absolute Gasteiger partial charge is 0.378 e. The standard InChI is InChI=1S/C21H26N4O/c1-24(2)18-6-3-14(4-7-18)16-9-17(11-23-10-16)21(26)25-12-15-5-8-20(22)19(15)13-25/h3-4,6-7,9-11,15,19-20H,5,8,12-13,22H2,1-2H3. The maximum Gasteiger partial charge on any atom is 0.255 e. The fraction of sp³-hybridized carbons (Fsp3) is 0.429. The lowest BCUT2D eigenvalue weighted by molar-refractivity contribution is 0.0779. The number of anilines is 1. The van der Waals surface area contributed by atoms with Gasteiger partial charge in [-0.05, 0) is 48.4 Å². The van der Waals surface area contributed by atoms with Crippen molar-refractivity contribution in [2.75, 3.05) is 32.1 Å². The van der Waals surface area contributed by atoms with Gasteiger partial charge in [-0.25, -0.2) is 0 Å². The molecular weight excluding hydrogens is 324 g/mol. The third-order valence-electron chi connectivity index (χ3n) is 5.90. The monoisotopic (exact) mass is 350 g/mol. The zero-order chi connectivity index (χ0) is 18.3. The number of hydrogen-bond acceptors (Lipinski definition) is 4. The normalized spacial score (nSPS) is 24.6. The Hall–Kier alpha value is -2.40. The van der Waals surface area contributed by atoms with Crippen molar-refractivity contribution in [2.24, 2.45) is 17.6 Å². The molecule has 0 bridgehead atoms. The highest BCUT2D eigenvalue weighted by Crippen LogP contribution is 2.37. The summed E-state index contributed by atoms with van der Waals surface area (Å²) in [5.41, 5.74) is 10.0. The van der Waals surface area contributed by atoms with Crippen LogP contribution >= 0.6 is 0 Å². The molecule has 136 valence electrons. The quantitative estimate of drug-likeness (QED) is 0.924. The van der Waals surface area contributed by atoms with E-state index in [1.165, 1.54) is 0 Å². The van der Waals surface area contributed by atoms with Crippen molar-refractivity contribution < 1.29 is 4.79 Å². The molecule has 2 fully saturated rings. The number of pyridine rings is 1. The Morgan fingerprint density at radius 2 is 1.88 bits per heavy atom. The predicted molar refractivity (Wildman–Crippen MR) is 104 cm³/mol. The molecule has 1 aliphatic carbocycles. The lowest BCUT2D eigenvalue weighted by Crippen LogP contribution is -2.33. The maximum absolute atomic E-state index is 13.0. The van der Waals surface area contributed by atoms with Gasteiger partial charge in [-0.15, -0.1) is 0 Å². The van der Waals surface area contributed by atoms with Crippen LogP contribution in [0.2, 0.25) is 0 Å². The van der Waals surface area contributed by atoms with Crippen molar-refractivity contribution in [1.29, 1.82) is 0 Å². The number of nitrogens with zero attached hydrogens (tertiary/aromatic N) is 3. The molecule has 0 radical (unpaired) electrons. The van der Waals surface area contributed by atoms with E-state index in [9.17, 15) is 4.79 Å². The van der Waals surface area contributed by atoms with E-state index in [4.69, 9.17) is 5.73 Å². The van der Waals surface area contributed by atoms with Gasteiger partial charge < -0.3 is 15.5 Å². The van der Waals surface area contributed by atoms with E-state index < -0.39 is 0 Å². The molecule has 2 aliphatic rings. The van der Waals surface area contributed by atoms with Gasteiger partial charge in [-0.1, -0.05) is 12.1 Å². The van der Waals surface area contributed by atoms with Crippen molar-refractivity contribution >= 4 is 11.6 Å². The second kappa shape index (κ2) is 6.72. The number of nitrogens with two attached hydrogens (primary N) is 1. The first-order valence-electron chi connectivity index (χ1n) is 9.30. The number of rotatable bonds is 3. The van der Waals surface area contributed by atoms with Crippen molar-refractivity contribution in [1.82, 2.24) is 9.88 Å². The third-order valence-corrected chi connectivity index (χ3v) is 5.90. The van der Waals surface area contributed by atoms with Gasteiger partial charge in [0.05, 0.1) is 5.56 Å². The van der Waals surface area contributed by atoms with Gasteiger partial charge in [0.15, 0.2) is 0 Å². The lowest BCUT2D eigenvalue weighted by atomic mass is 9.98. The minimum Gasteiger partial charge on any atom is -0.378 e. The summed E-state index contributed by atoms with van der Waals surface area (Å²) in [4.78, 5) is 21.3. The summed E-state index contributed by atoms with van der Waals surface area (Å²) >= 11 is 0. The van der Waals surface area contributed by atoms with Crippen molar-refractivity contribution in [2.45, 2.75) is 18.9 Å². The van der Waals surface area contributed by atoms with Gasteiger partial charge in [0.2, 0.25) is 0 Å². The van der Waals surface area contributed by atoms with E-state index in [-0.39, 0.29) is 11.9 Å². The molecular formula is C21H26N4O. The number of fused-ring (bicyclic) bond motifs is 1. The Morgan fingerprint density at radius 3 is 2.58 bits per heavy atom. The second-order valence-corrected chi connectivity index (χ2v) is 7.78. The van der Waals surface area contributed by atoms with Crippen LogP contribution in [0.1, 0.15) is 23.2 Å². The molecule has 1 aliphatic heterocycles. The number of amides is 1. The van der Waals surface area contributed by atoms with Gasteiger partial charge in [0.1, 0.15) is 0 Å². The topological polar surface area (TPSA) is 62.5 Å². The molecule has 1 aromatic heterocycles. The van der Waals surface area contributed by atoms with Crippen molar-refractivity contribution in [3.8, 4) is 11.1 Å². The molecule has 2 heterocycles. The Bertz CT molecular complexity index is 802. The van der Waals surface area contributed by atoms with E-state index in [1.807, 2.05) is 31.3 Å². The van der Waals surface area contributed by atoms with Crippen molar-refractivity contribution in [3.63, 3.8) is 0 Å². The minimum absolute atomic E-state index is 0.0749. The van der Waals surface area contributed by atoms with Crippen LogP contribution in [-0.4, -0.2) is 49.0 Å². The molecule has 26 heavy (non-hydrogen) atoms. The molecule has 2 N–H and O–H groups in total. The molecule has 3 unspecified atom stereocenters. The van der Waals surface area contributed by atoms with E-state index in [0.29, 0.717) is 17.4 Å². The fourth-order valence-corrected chi connectivity index (χ4v) is 4.32. The highest BCUT2D eigenvalue weighted by atomic mass is 16.2. The summed E-state index contributed by atoms with van der Waals surface area (Å²) in [5.74, 6) is 1.11. The van der Waals surface area contributed by atoms with Crippen LogP contribution < -0.4 is 10.6 Å². The van der Waals surface area contributed by atoms with Gasteiger partial charge in [0, 0.05) is 56.9 Å². The molecule has 3 atom stereocenters. The smallest absolute Gasteiger partial charge is 0.255 e. The van der Waals surface area contributed by atoms with Crippen molar-refractivity contribution in [3.05, 3.63) is 48.3 Å². The summed E-state index contributed by atoms with van der Waals surface area (Å²) in [6, 6.07) is 10.5. The molecule has 5 nitrogen and oxygen atoms in total. The van der Waals surface area contributed by atoms with Crippen LogP contribution in [0.25, 0.3) is 11.1 Å². The number of benzene rings is 1. The molecule has 1 saturated carbocycles. The van der Waals surface area contributed by atoms with Crippen LogP contribution in [0.3, 0.4) is 0 Å². The average molecular weight is 350 g/mol. The SMILES string of the molecule is CN(C)c1ccc(-c2cncc(C(=O)N3CC4CCC(N)C4C3)c2)cc1. The Morgan fingerprint density at radius 1 is 1.12 bits per heavy atom. The van der Waals surface area contributed by atoms with Crippen LogP contribution in [0.5, 0.6) is 0 Å². The van der Waals surface area contributed by atoms with Crippen LogP contribution in [0.4, 0.5) is 5.69 Å². The lowest BCUT2D eigenvalue weighted by Gasteiger charge is -2.19. The third kappa shape index (κ3) is 3.07. The van der Waals surface area contributed by atoms with E-state index in [2.05, 4.69) is 34.1 Å².